The highest BCUT2D eigenvalue weighted by Gasteiger charge is 2.23. The highest BCUT2D eigenvalue weighted by atomic mass is 19.1. The molecule has 1 aliphatic heterocycles. The number of piperidine rings is 1. The summed E-state index contributed by atoms with van der Waals surface area (Å²) in [5.74, 6) is 0.190. The van der Waals surface area contributed by atoms with E-state index in [2.05, 4.69) is 5.32 Å². The summed E-state index contributed by atoms with van der Waals surface area (Å²) in [6, 6.07) is 5.95. The normalized spacial score (nSPS) is 19.1. The summed E-state index contributed by atoms with van der Waals surface area (Å²) >= 11 is 0. The molecule has 1 heterocycles. The Morgan fingerprint density at radius 1 is 1.40 bits per heavy atom. The summed E-state index contributed by atoms with van der Waals surface area (Å²) in [5, 5.41) is 3.38. The lowest BCUT2D eigenvalue weighted by Crippen LogP contribution is -2.44. The molecule has 0 aliphatic carbocycles. The van der Waals surface area contributed by atoms with E-state index < -0.39 is 0 Å². The highest BCUT2D eigenvalue weighted by Crippen LogP contribution is 2.16. The van der Waals surface area contributed by atoms with Gasteiger partial charge in [-0.1, -0.05) is 0 Å². The number of nitrogens with one attached hydrogen (secondary N) is 1. The molecular weight excluding hydrogens is 255 g/mol. The number of benzene rings is 1. The van der Waals surface area contributed by atoms with Crippen LogP contribution in [0.25, 0.3) is 0 Å². The number of nitrogens with zero attached hydrogens (tertiary/aromatic N) is 1. The van der Waals surface area contributed by atoms with Crippen molar-refractivity contribution in [1.82, 2.24) is 10.2 Å². The number of amides is 1. The number of hydrogen-bond donors (Lipinski definition) is 1. The van der Waals surface area contributed by atoms with E-state index >= 15 is 0 Å². The lowest BCUT2D eigenvalue weighted by molar-refractivity contribution is 0.0661. The van der Waals surface area contributed by atoms with Gasteiger partial charge in [0.1, 0.15) is 5.82 Å². The van der Waals surface area contributed by atoms with Gasteiger partial charge in [-0.2, -0.15) is 0 Å². The monoisotopic (exact) mass is 278 g/mol. The van der Waals surface area contributed by atoms with E-state index in [1.165, 1.54) is 18.6 Å². The molecule has 1 fully saturated rings. The number of halogens is 1. The molecule has 1 saturated heterocycles. The minimum Gasteiger partial charge on any atom is -0.336 e. The second-order valence-electron chi connectivity index (χ2n) is 5.77. The van der Waals surface area contributed by atoms with Gasteiger partial charge in [0.2, 0.25) is 0 Å². The highest BCUT2D eigenvalue weighted by molar-refractivity contribution is 5.94. The van der Waals surface area contributed by atoms with Crippen molar-refractivity contribution in [2.75, 3.05) is 19.6 Å². The molecule has 0 spiro atoms. The van der Waals surface area contributed by atoms with Crippen molar-refractivity contribution in [3.05, 3.63) is 35.6 Å². The number of rotatable bonds is 4. The van der Waals surface area contributed by atoms with Crippen molar-refractivity contribution in [3.63, 3.8) is 0 Å². The van der Waals surface area contributed by atoms with Gasteiger partial charge in [0.05, 0.1) is 0 Å². The molecule has 0 aromatic heterocycles. The summed E-state index contributed by atoms with van der Waals surface area (Å²) in [5.41, 5.74) is 0.559. The first-order valence-corrected chi connectivity index (χ1v) is 7.35. The minimum atomic E-state index is -0.311. The third kappa shape index (κ3) is 3.79. The van der Waals surface area contributed by atoms with Crippen molar-refractivity contribution < 1.29 is 9.18 Å². The molecule has 1 aliphatic rings. The van der Waals surface area contributed by atoms with E-state index in [4.69, 9.17) is 0 Å². The van der Waals surface area contributed by atoms with Crippen LogP contribution in [0.1, 0.15) is 37.0 Å². The third-order valence-corrected chi connectivity index (χ3v) is 3.83. The van der Waals surface area contributed by atoms with Crippen molar-refractivity contribution >= 4 is 5.91 Å². The van der Waals surface area contributed by atoms with Crippen LogP contribution in [0.5, 0.6) is 0 Å². The Kier molecular flexibility index (Phi) is 5.12. The largest absolute Gasteiger partial charge is 0.336 e. The SMILES string of the molecule is CC(C)N(CC1CCCNC1)C(=O)c1ccc(F)cc1. The van der Waals surface area contributed by atoms with E-state index in [0.717, 1.165) is 26.1 Å². The zero-order chi connectivity index (χ0) is 14.5. The van der Waals surface area contributed by atoms with E-state index in [1.807, 2.05) is 18.7 Å². The molecule has 2 rings (SSSR count). The molecule has 0 saturated carbocycles. The molecule has 110 valence electrons. The minimum absolute atomic E-state index is 0.00873. The predicted octanol–water partition coefficient (Wildman–Crippen LogP) is 2.68. The van der Waals surface area contributed by atoms with Crippen molar-refractivity contribution in [2.45, 2.75) is 32.7 Å². The van der Waals surface area contributed by atoms with Crippen molar-refractivity contribution in [2.24, 2.45) is 5.92 Å². The molecule has 4 heteroatoms. The summed E-state index contributed by atoms with van der Waals surface area (Å²) < 4.78 is 12.9. The molecule has 1 atom stereocenters. The Hall–Kier alpha value is -1.42. The predicted molar refractivity (Wildman–Crippen MR) is 78.2 cm³/mol. The Morgan fingerprint density at radius 3 is 2.65 bits per heavy atom. The molecule has 1 aromatic rings. The molecule has 1 aromatic carbocycles. The van der Waals surface area contributed by atoms with Crippen LogP contribution in [0, 0.1) is 11.7 Å². The quantitative estimate of drug-likeness (QED) is 0.918. The van der Waals surface area contributed by atoms with Crippen LogP contribution < -0.4 is 5.32 Å². The van der Waals surface area contributed by atoms with E-state index in [-0.39, 0.29) is 17.8 Å². The topological polar surface area (TPSA) is 32.3 Å². The average molecular weight is 278 g/mol. The van der Waals surface area contributed by atoms with Crippen molar-refractivity contribution in [1.29, 1.82) is 0 Å². The van der Waals surface area contributed by atoms with Crippen LogP contribution in [-0.4, -0.2) is 36.5 Å². The Balaban J connectivity index is 2.07. The maximum Gasteiger partial charge on any atom is 0.254 e. The van der Waals surface area contributed by atoms with Crippen LogP contribution in [0.4, 0.5) is 4.39 Å². The second kappa shape index (κ2) is 6.84. The molecule has 1 amide bonds. The van der Waals surface area contributed by atoms with E-state index in [9.17, 15) is 9.18 Å². The summed E-state index contributed by atoms with van der Waals surface area (Å²) in [6.45, 7) is 6.86. The molecular formula is C16H23FN2O. The van der Waals surface area contributed by atoms with Crippen LogP contribution in [-0.2, 0) is 0 Å². The van der Waals surface area contributed by atoms with Crippen LogP contribution in [0.15, 0.2) is 24.3 Å². The first kappa shape index (κ1) is 15.0. The maximum absolute atomic E-state index is 12.9. The Morgan fingerprint density at radius 2 is 2.10 bits per heavy atom. The maximum atomic E-state index is 12.9. The molecule has 1 unspecified atom stereocenters. The van der Waals surface area contributed by atoms with Gasteiger partial charge >= 0.3 is 0 Å². The van der Waals surface area contributed by atoms with E-state index in [1.54, 1.807) is 12.1 Å². The zero-order valence-corrected chi connectivity index (χ0v) is 12.2. The van der Waals surface area contributed by atoms with Gasteiger partial charge in [0, 0.05) is 18.2 Å². The number of carbonyl (C=O) groups excluding carboxylic acids is 1. The Bertz CT molecular complexity index is 438. The summed E-state index contributed by atoms with van der Waals surface area (Å²) in [7, 11) is 0. The standard InChI is InChI=1S/C16H23FN2O/c1-12(2)19(11-13-4-3-9-18-10-13)16(20)14-5-7-15(17)8-6-14/h5-8,12-13,18H,3-4,9-11H2,1-2H3. The third-order valence-electron chi connectivity index (χ3n) is 3.83. The van der Waals surface area contributed by atoms with Gasteiger partial charge in [-0.3, -0.25) is 4.79 Å². The molecule has 0 bridgehead atoms. The first-order valence-electron chi connectivity index (χ1n) is 7.35. The van der Waals surface area contributed by atoms with Gasteiger partial charge in [0.15, 0.2) is 0 Å². The lowest BCUT2D eigenvalue weighted by Gasteiger charge is -2.33. The van der Waals surface area contributed by atoms with Gasteiger partial charge in [-0.15, -0.1) is 0 Å². The summed E-state index contributed by atoms with van der Waals surface area (Å²) in [6.07, 6.45) is 2.33. The van der Waals surface area contributed by atoms with Crippen LogP contribution in [0.3, 0.4) is 0 Å². The van der Waals surface area contributed by atoms with Crippen molar-refractivity contribution in [3.8, 4) is 0 Å². The van der Waals surface area contributed by atoms with Gasteiger partial charge in [-0.25, -0.2) is 4.39 Å². The fourth-order valence-electron chi connectivity index (χ4n) is 2.64. The fraction of sp³-hybridized carbons (Fsp3) is 0.562. The summed E-state index contributed by atoms with van der Waals surface area (Å²) in [4.78, 5) is 14.4. The molecule has 0 radical (unpaired) electrons. The number of hydrogen-bond acceptors (Lipinski definition) is 2. The molecule has 3 nitrogen and oxygen atoms in total. The molecule has 20 heavy (non-hydrogen) atoms. The van der Waals surface area contributed by atoms with Gasteiger partial charge < -0.3 is 10.2 Å². The first-order chi connectivity index (χ1) is 9.58. The smallest absolute Gasteiger partial charge is 0.254 e. The average Bonchev–Trinajstić information content (AvgIpc) is 2.45. The van der Waals surface area contributed by atoms with Crippen LogP contribution in [0.2, 0.25) is 0 Å². The Labute approximate surface area is 120 Å². The van der Waals surface area contributed by atoms with Gasteiger partial charge in [-0.05, 0) is 70.0 Å². The lowest BCUT2D eigenvalue weighted by atomic mass is 9.98. The number of carbonyl (C=O) groups is 1. The van der Waals surface area contributed by atoms with Crippen LogP contribution >= 0.6 is 0 Å². The fourth-order valence-corrected chi connectivity index (χ4v) is 2.64. The second-order valence-corrected chi connectivity index (χ2v) is 5.77. The van der Waals surface area contributed by atoms with E-state index in [0.29, 0.717) is 11.5 Å². The molecule has 1 N–H and O–H groups in total. The zero-order valence-electron chi connectivity index (χ0n) is 12.2. The van der Waals surface area contributed by atoms with Gasteiger partial charge in [0.25, 0.3) is 5.91 Å².